The van der Waals surface area contributed by atoms with Crippen molar-refractivity contribution in [1.82, 2.24) is 9.78 Å². The molecule has 0 spiro atoms. The Hall–Kier alpha value is -1.82. The van der Waals surface area contributed by atoms with Crippen LogP contribution in [-0.2, 0) is 13.1 Å². The summed E-state index contributed by atoms with van der Waals surface area (Å²) in [6, 6.07) is 7.31. The molecule has 0 saturated heterocycles. The fourth-order valence-corrected chi connectivity index (χ4v) is 1.75. The zero-order valence-corrected chi connectivity index (χ0v) is 9.48. The quantitative estimate of drug-likeness (QED) is 0.916. The van der Waals surface area contributed by atoms with Gasteiger partial charge in [0.2, 0.25) is 0 Å². The second-order valence-corrected chi connectivity index (χ2v) is 3.90. The van der Waals surface area contributed by atoms with Crippen molar-refractivity contribution in [2.75, 3.05) is 0 Å². The average molecular weight is 255 g/mol. The third-order valence-electron chi connectivity index (χ3n) is 2.52. The van der Waals surface area contributed by atoms with Crippen molar-refractivity contribution in [1.29, 1.82) is 0 Å². The molecule has 2 rings (SSSR count). The lowest BCUT2D eigenvalue weighted by molar-refractivity contribution is -0.142. The maximum Gasteiger partial charge on any atom is 0.408 e. The monoisotopic (exact) mass is 255 g/mol. The van der Waals surface area contributed by atoms with E-state index in [1.54, 1.807) is 0 Å². The van der Waals surface area contributed by atoms with Gasteiger partial charge in [0.05, 0.1) is 6.20 Å². The van der Waals surface area contributed by atoms with E-state index in [9.17, 15) is 13.2 Å². The zero-order chi connectivity index (χ0) is 13.2. The van der Waals surface area contributed by atoms with Gasteiger partial charge in [-0.3, -0.25) is 4.68 Å². The van der Waals surface area contributed by atoms with Gasteiger partial charge in [0.25, 0.3) is 0 Å². The van der Waals surface area contributed by atoms with Crippen LogP contribution in [0.15, 0.2) is 36.7 Å². The SMILES string of the molecule is NCc1ccccc1-c1cnn(CC(F)(F)F)c1. The molecule has 0 atom stereocenters. The van der Waals surface area contributed by atoms with Crippen LogP contribution in [0.1, 0.15) is 5.56 Å². The number of nitrogens with two attached hydrogens (primary N) is 1. The Morgan fingerprint density at radius 2 is 1.94 bits per heavy atom. The smallest absolute Gasteiger partial charge is 0.326 e. The maximum absolute atomic E-state index is 12.2. The average Bonchev–Trinajstić information content (AvgIpc) is 2.75. The van der Waals surface area contributed by atoms with Crippen LogP contribution in [0, 0.1) is 0 Å². The molecule has 0 aliphatic carbocycles. The molecule has 1 heterocycles. The Kier molecular flexibility index (Phi) is 3.38. The van der Waals surface area contributed by atoms with Crippen LogP contribution < -0.4 is 5.73 Å². The Labute approximate surface area is 102 Å². The van der Waals surface area contributed by atoms with Crippen LogP contribution in [-0.4, -0.2) is 16.0 Å². The summed E-state index contributed by atoms with van der Waals surface area (Å²) >= 11 is 0. The summed E-state index contributed by atoms with van der Waals surface area (Å²) in [4.78, 5) is 0. The highest BCUT2D eigenvalue weighted by Gasteiger charge is 2.28. The summed E-state index contributed by atoms with van der Waals surface area (Å²) in [5.74, 6) is 0. The number of rotatable bonds is 3. The first kappa shape index (κ1) is 12.6. The van der Waals surface area contributed by atoms with Crippen molar-refractivity contribution in [2.45, 2.75) is 19.3 Å². The molecule has 1 aromatic heterocycles. The highest BCUT2D eigenvalue weighted by Crippen LogP contribution is 2.24. The van der Waals surface area contributed by atoms with E-state index < -0.39 is 12.7 Å². The molecule has 2 aromatic rings. The van der Waals surface area contributed by atoms with Gasteiger partial charge in [-0.05, 0) is 11.1 Å². The first-order chi connectivity index (χ1) is 8.49. The minimum absolute atomic E-state index is 0.334. The highest BCUT2D eigenvalue weighted by atomic mass is 19.4. The minimum Gasteiger partial charge on any atom is -0.326 e. The van der Waals surface area contributed by atoms with Crippen LogP contribution in [0.4, 0.5) is 13.2 Å². The summed E-state index contributed by atoms with van der Waals surface area (Å²) in [5.41, 5.74) is 7.92. The number of alkyl halides is 3. The highest BCUT2D eigenvalue weighted by molar-refractivity contribution is 5.65. The number of benzene rings is 1. The van der Waals surface area contributed by atoms with E-state index in [1.807, 2.05) is 24.3 Å². The van der Waals surface area contributed by atoms with Crippen molar-refractivity contribution in [2.24, 2.45) is 5.73 Å². The molecule has 0 aliphatic heterocycles. The summed E-state index contributed by atoms with van der Waals surface area (Å²) in [6.07, 6.45) is -1.47. The number of hydrogen-bond donors (Lipinski definition) is 1. The van der Waals surface area contributed by atoms with Gasteiger partial charge < -0.3 is 5.73 Å². The van der Waals surface area contributed by atoms with Crippen molar-refractivity contribution >= 4 is 0 Å². The molecule has 96 valence electrons. The largest absolute Gasteiger partial charge is 0.408 e. The van der Waals surface area contributed by atoms with E-state index in [1.165, 1.54) is 12.4 Å². The normalized spacial score (nSPS) is 11.8. The van der Waals surface area contributed by atoms with Crippen molar-refractivity contribution in [3.8, 4) is 11.1 Å². The summed E-state index contributed by atoms with van der Waals surface area (Å²) in [6.45, 7) is -0.752. The van der Waals surface area contributed by atoms with Crippen LogP contribution in [0.25, 0.3) is 11.1 Å². The zero-order valence-electron chi connectivity index (χ0n) is 9.48. The Morgan fingerprint density at radius 1 is 1.22 bits per heavy atom. The standard InChI is InChI=1S/C12H12F3N3/c13-12(14,15)8-18-7-10(6-17-18)11-4-2-1-3-9(11)5-16/h1-4,6-7H,5,8,16H2. The van der Waals surface area contributed by atoms with Crippen LogP contribution in [0.5, 0.6) is 0 Å². The van der Waals surface area contributed by atoms with E-state index in [4.69, 9.17) is 5.73 Å². The number of aromatic nitrogens is 2. The summed E-state index contributed by atoms with van der Waals surface area (Å²) < 4.78 is 37.5. The molecule has 0 aliphatic rings. The molecule has 6 heteroatoms. The molecule has 0 fully saturated rings. The number of nitrogens with zero attached hydrogens (tertiary/aromatic N) is 2. The molecule has 1 aromatic carbocycles. The van der Waals surface area contributed by atoms with E-state index in [-0.39, 0.29) is 0 Å². The van der Waals surface area contributed by atoms with E-state index in [0.29, 0.717) is 12.1 Å². The van der Waals surface area contributed by atoms with Gasteiger partial charge in [-0.15, -0.1) is 0 Å². The molecule has 2 N–H and O–H groups in total. The van der Waals surface area contributed by atoms with Crippen molar-refractivity contribution < 1.29 is 13.2 Å². The number of hydrogen-bond acceptors (Lipinski definition) is 2. The van der Waals surface area contributed by atoms with Gasteiger partial charge in [0.1, 0.15) is 6.54 Å². The maximum atomic E-state index is 12.2. The summed E-state index contributed by atoms with van der Waals surface area (Å²) in [7, 11) is 0. The van der Waals surface area contributed by atoms with Gasteiger partial charge in [-0.2, -0.15) is 18.3 Å². The van der Waals surface area contributed by atoms with Gasteiger partial charge in [0.15, 0.2) is 0 Å². The Morgan fingerprint density at radius 3 is 2.61 bits per heavy atom. The van der Waals surface area contributed by atoms with Crippen LogP contribution in [0.2, 0.25) is 0 Å². The molecular weight excluding hydrogens is 243 g/mol. The predicted molar refractivity (Wildman–Crippen MR) is 61.6 cm³/mol. The fraction of sp³-hybridized carbons (Fsp3) is 0.250. The fourth-order valence-electron chi connectivity index (χ4n) is 1.75. The Balaban J connectivity index is 2.29. The first-order valence-electron chi connectivity index (χ1n) is 5.37. The second-order valence-electron chi connectivity index (χ2n) is 3.90. The van der Waals surface area contributed by atoms with Gasteiger partial charge in [-0.25, -0.2) is 0 Å². The molecule has 0 amide bonds. The van der Waals surface area contributed by atoms with Crippen LogP contribution in [0.3, 0.4) is 0 Å². The third-order valence-corrected chi connectivity index (χ3v) is 2.52. The molecule has 18 heavy (non-hydrogen) atoms. The van der Waals surface area contributed by atoms with Gasteiger partial charge >= 0.3 is 6.18 Å². The molecule has 0 saturated carbocycles. The number of halogens is 3. The molecular formula is C12H12F3N3. The minimum atomic E-state index is -4.27. The van der Waals surface area contributed by atoms with Gasteiger partial charge in [-0.1, -0.05) is 24.3 Å². The lowest BCUT2D eigenvalue weighted by atomic mass is 10.0. The molecule has 0 unspecified atom stereocenters. The summed E-state index contributed by atoms with van der Waals surface area (Å²) in [5, 5.41) is 3.71. The van der Waals surface area contributed by atoms with Crippen molar-refractivity contribution in [3.63, 3.8) is 0 Å². The van der Waals surface area contributed by atoms with E-state index in [2.05, 4.69) is 5.10 Å². The topological polar surface area (TPSA) is 43.8 Å². The Bertz CT molecular complexity index is 531. The second kappa shape index (κ2) is 4.81. The lowest BCUT2D eigenvalue weighted by Crippen LogP contribution is -2.17. The lowest BCUT2D eigenvalue weighted by Gasteiger charge is -2.06. The molecule has 0 radical (unpaired) electrons. The van der Waals surface area contributed by atoms with E-state index >= 15 is 0 Å². The molecule has 0 bridgehead atoms. The van der Waals surface area contributed by atoms with Gasteiger partial charge in [0, 0.05) is 18.3 Å². The third kappa shape index (κ3) is 2.89. The molecule has 3 nitrogen and oxygen atoms in total. The van der Waals surface area contributed by atoms with Crippen molar-refractivity contribution in [3.05, 3.63) is 42.2 Å². The van der Waals surface area contributed by atoms with E-state index in [0.717, 1.165) is 15.8 Å². The predicted octanol–water partition coefficient (Wildman–Crippen LogP) is 2.57. The first-order valence-corrected chi connectivity index (χ1v) is 5.37. The van der Waals surface area contributed by atoms with Crippen LogP contribution >= 0.6 is 0 Å².